The first-order chi connectivity index (χ1) is 12.2. The number of fused-ring (bicyclic) bond motifs is 1. The van der Waals surface area contributed by atoms with Crippen molar-refractivity contribution in [2.45, 2.75) is 20.3 Å². The van der Waals surface area contributed by atoms with Crippen molar-refractivity contribution in [2.24, 2.45) is 0 Å². The van der Waals surface area contributed by atoms with E-state index in [1.54, 1.807) is 12.1 Å². The second-order valence-electron chi connectivity index (χ2n) is 5.66. The van der Waals surface area contributed by atoms with Crippen molar-refractivity contribution in [1.29, 1.82) is 0 Å². The van der Waals surface area contributed by atoms with Gasteiger partial charge in [0.25, 0.3) is 0 Å². The standard InChI is InChI=1S/C16H18BrNO4S.C2H7N/c1-5-10(6-2)16-12(9-19)11-7-13(17)14(8-15(11)22-16)18(3)23(4,20)21;1-3-2/h5,7-9H,6H2,1-4H3;3H,1-2H3/b10-5+;. The van der Waals surface area contributed by atoms with Gasteiger partial charge in [-0.05, 0) is 55.0 Å². The van der Waals surface area contributed by atoms with Crippen LogP contribution in [0.3, 0.4) is 0 Å². The number of carbonyl (C=O) groups is 1. The minimum Gasteiger partial charge on any atom is -0.456 e. The third-order valence-corrected chi connectivity index (χ3v) is 5.60. The molecule has 0 fully saturated rings. The number of nitrogens with zero attached hydrogens (tertiary/aromatic N) is 1. The molecule has 6 nitrogen and oxygen atoms in total. The second kappa shape index (κ2) is 9.34. The molecule has 144 valence electrons. The normalized spacial score (nSPS) is 11.9. The van der Waals surface area contributed by atoms with Crippen molar-refractivity contribution in [3.63, 3.8) is 0 Å². The lowest BCUT2D eigenvalue weighted by Crippen LogP contribution is -2.25. The Kier molecular flexibility index (Phi) is 8.05. The maximum Gasteiger partial charge on any atom is 0.232 e. The molecule has 1 N–H and O–H groups in total. The van der Waals surface area contributed by atoms with Crippen LogP contribution in [0.2, 0.25) is 0 Å². The summed E-state index contributed by atoms with van der Waals surface area (Å²) in [4.78, 5) is 11.5. The van der Waals surface area contributed by atoms with Crippen LogP contribution in [0.1, 0.15) is 36.4 Å². The lowest BCUT2D eigenvalue weighted by Gasteiger charge is -2.18. The van der Waals surface area contributed by atoms with Gasteiger partial charge in [-0.25, -0.2) is 8.42 Å². The molecule has 2 aromatic rings. The minimum atomic E-state index is -3.40. The van der Waals surface area contributed by atoms with Gasteiger partial charge in [-0.3, -0.25) is 9.10 Å². The van der Waals surface area contributed by atoms with Crippen molar-refractivity contribution in [2.75, 3.05) is 31.7 Å². The van der Waals surface area contributed by atoms with Gasteiger partial charge in [0.05, 0.1) is 17.5 Å². The van der Waals surface area contributed by atoms with E-state index in [1.807, 2.05) is 34.0 Å². The molecule has 0 bridgehead atoms. The molecule has 0 spiro atoms. The number of nitrogens with one attached hydrogen (secondary N) is 1. The summed E-state index contributed by atoms with van der Waals surface area (Å²) in [6.45, 7) is 3.87. The van der Waals surface area contributed by atoms with E-state index in [4.69, 9.17) is 4.42 Å². The maximum atomic E-state index is 11.8. The highest BCUT2D eigenvalue weighted by Gasteiger charge is 2.21. The maximum absolute atomic E-state index is 11.8. The number of furan rings is 1. The quantitative estimate of drug-likeness (QED) is 0.703. The average molecular weight is 445 g/mol. The van der Waals surface area contributed by atoms with E-state index in [0.717, 1.165) is 28.8 Å². The Morgan fingerprint density at radius 3 is 2.35 bits per heavy atom. The Balaban J connectivity index is 0.00000105. The van der Waals surface area contributed by atoms with E-state index in [1.165, 1.54) is 7.05 Å². The van der Waals surface area contributed by atoms with Crippen molar-refractivity contribution in [3.05, 3.63) is 34.0 Å². The molecule has 0 aliphatic heterocycles. The molecular weight excluding hydrogens is 420 g/mol. The van der Waals surface area contributed by atoms with Gasteiger partial charge in [0.1, 0.15) is 11.3 Å². The van der Waals surface area contributed by atoms with Crippen LogP contribution in [0, 0.1) is 0 Å². The van der Waals surface area contributed by atoms with Crippen LogP contribution in [-0.4, -0.2) is 42.1 Å². The highest BCUT2D eigenvalue weighted by Crippen LogP contribution is 2.37. The summed E-state index contributed by atoms with van der Waals surface area (Å²) in [5, 5.41) is 3.40. The highest BCUT2D eigenvalue weighted by atomic mass is 79.9. The number of allylic oxidation sites excluding steroid dienone is 2. The number of benzene rings is 1. The zero-order chi connectivity index (χ0) is 20.1. The molecule has 0 saturated heterocycles. The first-order valence-corrected chi connectivity index (χ1v) is 10.7. The predicted molar refractivity (Wildman–Crippen MR) is 111 cm³/mol. The molecule has 8 heteroatoms. The summed E-state index contributed by atoms with van der Waals surface area (Å²) in [7, 11) is 1.82. The largest absolute Gasteiger partial charge is 0.456 e. The topological polar surface area (TPSA) is 79.6 Å². The van der Waals surface area contributed by atoms with Crippen LogP contribution >= 0.6 is 15.9 Å². The van der Waals surface area contributed by atoms with Crippen molar-refractivity contribution < 1.29 is 17.6 Å². The number of carbonyl (C=O) groups excluding carboxylic acids is 1. The average Bonchev–Trinajstić information content (AvgIpc) is 2.91. The molecular formula is C18H25BrN2O4S. The summed E-state index contributed by atoms with van der Waals surface area (Å²) in [6, 6.07) is 3.34. The van der Waals surface area contributed by atoms with Gasteiger partial charge in [-0.2, -0.15) is 0 Å². The van der Waals surface area contributed by atoms with Crippen molar-refractivity contribution in [1.82, 2.24) is 5.32 Å². The SMILES string of the molecule is C/C=C(\CC)c1oc2cc(N(C)S(C)(=O)=O)c(Br)cc2c1C=O.CNC. The Morgan fingerprint density at radius 1 is 1.35 bits per heavy atom. The van der Waals surface area contributed by atoms with Gasteiger partial charge >= 0.3 is 0 Å². The van der Waals surface area contributed by atoms with Crippen molar-refractivity contribution >= 4 is 54.5 Å². The van der Waals surface area contributed by atoms with E-state index in [2.05, 4.69) is 21.2 Å². The predicted octanol–water partition coefficient (Wildman–Crippen LogP) is 4.05. The van der Waals surface area contributed by atoms with Gasteiger partial charge in [0, 0.05) is 23.0 Å². The summed E-state index contributed by atoms with van der Waals surface area (Å²) in [6.07, 6.45) is 4.54. The van der Waals surface area contributed by atoms with E-state index in [0.29, 0.717) is 32.5 Å². The van der Waals surface area contributed by atoms with E-state index in [-0.39, 0.29) is 0 Å². The Labute approximate surface area is 163 Å². The number of hydrogen-bond acceptors (Lipinski definition) is 5. The van der Waals surface area contributed by atoms with Crippen LogP contribution in [0.25, 0.3) is 16.5 Å². The van der Waals surface area contributed by atoms with Gasteiger partial charge < -0.3 is 9.73 Å². The number of hydrogen-bond donors (Lipinski definition) is 1. The molecule has 0 unspecified atom stereocenters. The molecule has 1 heterocycles. The summed E-state index contributed by atoms with van der Waals surface area (Å²) >= 11 is 3.38. The third-order valence-electron chi connectivity index (χ3n) is 3.77. The van der Waals surface area contributed by atoms with E-state index in [9.17, 15) is 13.2 Å². The van der Waals surface area contributed by atoms with Gasteiger partial charge in [0.15, 0.2) is 6.29 Å². The number of halogens is 1. The van der Waals surface area contributed by atoms with Crippen LogP contribution in [0.15, 0.2) is 27.1 Å². The molecule has 0 aliphatic carbocycles. The first-order valence-electron chi connectivity index (χ1n) is 8.05. The summed E-state index contributed by atoms with van der Waals surface area (Å²) < 4.78 is 31.1. The fourth-order valence-electron chi connectivity index (χ4n) is 2.40. The summed E-state index contributed by atoms with van der Waals surface area (Å²) in [5.41, 5.74) is 2.33. The number of aldehydes is 1. The Morgan fingerprint density at radius 2 is 1.92 bits per heavy atom. The smallest absolute Gasteiger partial charge is 0.232 e. The molecule has 0 radical (unpaired) electrons. The lowest BCUT2D eigenvalue weighted by molar-refractivity contribution is 0.112. The lowest BCUT2D eigenvalue weighted by atomic mass is 10.0. The third kappa shape index (κ3) is 4.75. The minimum absolute atomic E-state index is 0.455. The molecule has 0 amide bonds. The molecule has 1 aromatic carbocycles. The number of sulfonamides is 1. The van der Waals surface area contributed by atoms with Crippen molar-refractivity contribution in [3.8, 4) is 0 Å². The van der Waals surface area contributed by atoms with Crippen LogP contribution < -0.4 is 9.62 Å². The van der Waals surface area contributed by atoms with Gasteiger partial charge in [0.2, 0.25) is 10.0 Å². The molecule has 0 saturated carbocycles. The zero-order valence-electron chi connectivity index (χ0n) is 15.9. The molecule has 0 aliphatic rings. The molecule has 1 aromatic heterocycles. The number of rotatable bonds is 5. The molecule has 0 atom stereocenters. The Bertz CT molecular complexity index is 917. The summed E-state index contributed by atoms with van der Waals surface area (Å²) in [5.74, 6) is 0.533. The Hall–Kier alpha value is -1.64. The van der Waals surface area contributed by atoms with E-state index >= 15 is 0 Å². The van der Waals surface area contributed by atoms with Crippen LogP contribution in [0.5, 0.6) is 0 Å². The van der Waals surface area contributed by atoms with Gasteiger partial charge in [-0.15, -0.1) is 0 Å². The molecule has 26 heavy (non-hydrogen) atoms. The fraction of sp³-hybridized carbons (Fsp3) is 0.389. The van der Waals surface area contributed by atoms with Crippen LogP contribution in [0.4, 0.5) is 5.69 Å². The number of anilines is 1. The highest BCUT2D eigenvalue weighted by molar-refractivity contribution is 9.10. The zero-order valence-corrected chi connectivity index (χ0v) is 18.3. The first kappa shape index (κ1) is 22.4. The van der Waals surface area contributed by atoms with Gasteiger partial charge in [-0.1, -0.05) is 13.0 Å². The van der Waals surface area contributed by atoms with Crippen LogP contribution in [-0.2, 0) is 10.0 Å². The molecule has 2 rings (SSSR count). The van der Waals surface area contributed by atoms with E-state index < -0.39 is 10.0 Å². The monoisotopic (exact) mass is 444 g/mol. The fourth-order valence-corrected chi connectivity index (χ4v) is 3.63. The second-order valence-corrected chi connectivity index (χ2v) is 8.53.